The van der Waals surface area contributed by atoms with E-state index in [9.17, 15) is 0 Å². The van der Waals surface area contributed by atoms with E-state index in [1.165, 1.54) is 0 Å². The van der Waals surface area contributed by atoms with E-state index in [1.54, 1.807) is 0 Å². The summed E-state index contributed by atoms with van der Waals surface area (Å²) in [5, 5.41) is 1.14. The van der Waals surface area contributed by atoms with Crippen LogP contribution in [0.25, 0.3) is 11.0 Å². The van der Waals surface area contributed by atoms with Gasteiger partial charge >= 0.3 is 0 Å². The van der Waals surface area contributed by atoms with Crippen molar-refractivity contribution >= 4 is 11.0 Å². The molecular formula is C12H15NO. The molecule has 2 nitrogen and oxygen atoms in total. The van der Waals surface area contributed by atoms with Crippen molar-refractivity contribution in [3.8, 4) is 0 Å². The molecule has 0 aliphatic rings. The third-order valence-electron chi connectivity index (χ3n) is 2.57. The Morgan fingerprint density at radius 1 is 1.43 bits per heavy atom. The van der Waals surface area contributed by atoms with Crippen LogP contribution in [0.3, 0.4) is 0 Å². The summed E-state index contributed by atoms with van der Waals surface area (Å²) in [4.78, 5) is 0. The van der Waals surface area contributed by atoms with Crippen LogP contribution in [0.2, 0.25) is 0 Å². The van der Waals surface area contributed by atoms with E-state index in [1.807, 2.05) is 25.1 Å². The highest BCUT2D eigenvalue weighted by Crippen LogP contribution is 2.26. The molecular weight excluding hydrogens is 174 g/mol. The van der Waals surface area contributed by atoms with E-state index in [-0.39, 0.29) is 6.04 Å². The van der Waals surface area contributed by atoms with Gasteiger partial charge in [-0.2, -0.15) is 0 Å². The maximum absolute atomic E-state index is 5.91. The first-order valence-corrected chi connectivity index (χ1v) is 4.97. The Hall–Kier alpha value is -1.28. The Kier molecular flexibility index (Phi) is 2.30. The molecule has 1 heterocycles. The van der Waals surface area contributed by atoms with Crippen LogP contribution in [-0.4, -0.2) is 0 Å². The molecule has 0 spiro atoms. The molecule has 1 unspecified atom stereocenters. The largest absolute Gasteiger partial charge is 0.459 e. The smallest absolute Gasteiger partial charge is 0.137 e. The van der Waals surface area contributed by atoms with Gasteiger partial charge in [0.1, 0.15) is 11.3 Å². The summed E-state index contributed by atoms with van der Waals surface area (Å²) in [6.45, 7) is 4.11. The minimum Gasteiger partial charge on any atom is -0.459 e. The third-order valence-corrected chi connectivity index (χ3v) is 2.57. The zero-order valence-electron chi connectivity index (χ0n) is 8.58. The van der Waals surface area contributed by atoms with Crippen LogP contribution in [0.1, 0.15) is 30.7 Å². The number of hydrogen-bond donors (Lipinski definition) is 1. The monoisotopic (exact) mass is 189 g/mol. The number of fused-ring (bicyclic) bond motifs is 1. The van der Waals surface area contributed by atoms with Crippen LogP contribution in [0.4, 0.5) is 0 Å². The van der Waals surface area contributed by atoms with Crippen LogP contribution in [0.5, 0.6) is 0 Å². The first kappa shape index (κ1) is 9.28. The Morgan fingerprint density at radius 3 is 2.86 bits per heavy atom. The van der Waals surface area contributed by atoms with Gasteiger partial charge in [0.05, 0.1) is 6.04 Å². The average Bonchev–Trinajstić information content (AvgIpc) is 2.62. The second-order valence-corrected chi connectivity index (χ2v) is 3.66. The van der Waals surface area contributed by atoms with Crippen LogP contribution in [0, 0.1) is 6.92 Å². The lowest BCUT2D eigenvalue weighted by Crippen LogP contribution is -2.06. The summed E-state index contributed by atoms with van der Waals surface area (Å²) in [5.41, 5.74) is 8.04. The number of furan rings is 1. The minimum absolute atomic E-state index is 0.0156. The van der Waals surface area contributed by atoms with Gasteiger partial charge in [0.15, 0.2) is 0 Å². The molecule has 14 heavy (non-hydrogen) atoms. The van der Waals surface area contributed by atoms with E-state index in [0.29, 0.717) is 0 Å². The number of benzene rings is 1. The number of nitrogens with two attached hydrogens (primary N) is 1. The second-order valence-electron chi connectivity index (χ2n) is 3.66. The van der Waals surface area contributed by atoms with E-state index >= 15 is 0 Å². The zero-order chi connectivity index (χ0) is 10.1. The quantitative estimate of drug-likeness (QED) is 0.788. The summed E-state index contributed by atoms with van der Waals surface area (Å²) in [5.74, 6) is 0.886. The van der Waals surface area contributed by atoms with Gasteiger partial charge in [0.25, 0.3) is 0 Å². The van der Waals surface area contributed by atoms with E-state index in [4.69, 9.17) is 10.2 Å². The van der Waals surface area contributed by atoms with Crippen molar-refractivity contribution in [2.75, 3.05) is 0 Å². The SMILES string of the molecule is CCC(N)c1cc2cccc(C)c2o1. The van der Waals surface area contributed by atoms with Crippen LogP contribution >= 0.6 is 0 Å². The van der Waals surface area contributed by atoms with Crippen molar-refractivity contribution in [1.29, 1.82) is 0 Å². The standard InChI is InChI=1S/C12H15NO/c1-3-10(13)11-7-9-6-4-5-8(2)12(9)14-11/h4-7,10H,3,13H2,1-2H3. The molecule has 0 bridgehead atoms. The Bertz CT molecular complexity index is 445. The van der Waals surface area contributed by atoms with Gasteiger partial charge in [0.2, 0.25) is 0 Å². The number of rotatable bonds is 2. The molecule has 0 fully saturated rings. The molecule has 0 saturated heterocycles. The van der Waals surface area contributed by atoms with E-state index < -0.39 is 0 Å². The molecule has 0 saturated carbocycles. The molecule has 0 aliphatic heterocycles. The first-order valence-electron chi connectivity index (χ1n) is 4.97. The summed E-state index contributed by atoms with van der Waals surface area (Å²) in [6.07, 6.45) is 0.902. The van der Waals surface area contributed by atoms with Gasteiger partial charge in [-0.1, -0.05) is 25.1 Å². The summed E-state index contributed by atoms with van der Waals surface area (Å²) in [7, 11) is 0. The predicted molar refractivity (Wildman–Crippen MR) is 58.2 cm³/mol. The highest BCUT2D eigenvalue weighted by atomic mass is 16.3. The topological polar surface area (TPSA) is 39.2 Å². The molecule has 0 radical (unpaired) electrons. The Labute approximate surface area is 83.7 Å². The molecule has 2 rings (SSSR count). The van der Waals surface area contributed by atoms with Crippen LogP contribution in [-0.2, 0) is 0 Å². The Morgan fingerprint density at radius 2 is 2.21 bits per heavy atom. The van der Waals surface area contributed by atoms with E-state index in [2.05, 4.69) is 13.0 Å². The fourth-order valence-electron chi connectivity index (χ4n) is 1.61. The van der Waals surface area contributed by atoms with Crippen molar-refractivity contribution in [1.82, 2.24) is 0 Å². The van der Waals surface area contributed by atoms with Gasteiger partial charge in [0, 0.05) is 5.39 Å². The Balaban J connectivity index is 2.56. The van der Waals surface area contributed by atoms with E-state index in [0.717, 1.165) is 28.7 Å². The van der Waals surface area contributed by atoms with Crippen molar-refractivity contribution in [3.05, 3.63) is 35.6 Å². The first-order chi connectivity index (χ1) is 6.72. The van der Waals surface area contributed by atoms with Gasteiger partial charge in [-0.25, -0.2) is 0 Å². The molecule has 74 valence electrons. The molecule has 0 amide bonds. The van der Waals surface area contributed by atoms with Crippen molar-refractivity contribution in [2.24, 2.45) is 5.73 Å². The molecule has 1 aromatic heterocycles. The van der Waals surface area contributed by atoms with Gasteiger partial charge < -0.3 is 10.2 Å². The van der Waals surface area contributed by atoms with Crippen molar-refractivity contribution < 1.29 is 4.42 Å². The summed E-state index contributed by atoms with van der Waals surface area (Å²) in [6, 6.07) is 8.19. The summed E-state index contributed by atoms with van der Waals surface area (Å²) < 4.78 is 5.73. The normalized spacial score (nSPS) is 13.4. The van der Waals surface area contributed by atoms with Crippen molar-refractivity contribution in [2.45, 2.75) is 26.3 Å². The second kappa shape index (κ2) is 3.46. The lowest BCUT2D eigenvalue weighted by Gasteiger charge is -2.02. The number of hydrogen-bond acceptors (Lipinski definition) is 2. The fourth-order valence-corrected chi connectivity index (χ4v) is 1.61. The molecule has 1 atom stereocenters. The lowest BCUT2D eigenvalue weighted by atomic mass is 10.1. The predicted octanol–water partition coefficient (Wildman–Crippen LogP) is 3.15. The average molecular weight is 189 g/mol. The fraction of sp³-hybridized carbons (Fsp3) is 0.333. The highest BCUT2D eigenvalue weighted by molar-refractivity contribution is 5.80. The molecule has 0 aliphatic carbocycles. The molecule has 2 N–H and O–H groups in total. The molecule has 1 aromatic carbocycles. The van der Waals surface area contributed by atoms with Gasteiger partial charge in [-0.3, -0.25) is 0 Å². The highest BCUT2D eigenvalue weighted by Gasteiger charge is 2.10. The number of aryl methyl sites for hydroxylation is 1. The maximum atomic E-state index is 5.91. The third kappa shape index (κ3) is 1.42. The number of para-hydroxylation sites is 1. The van der Waals surface area contributed by atoms with Crippen molar-refractivity contribution in [3.63, 3.8) is 0 Å². The molecule has 2 heteroatoms. The maximum Gasteiger partial charge on any atom is 0.137 e. The summed E-state index contributed by atoms with van der Waals surface area (Å²) >= 11 is 0. The minimum atomic E-state index is 0.0156. The zero-order valence-corrected chi connectivity index (χ0v) is 8.58. The molecule has 2 aromatic rings. The van der Waals surface area contributed by atoms with Gasteiger partial charge in [-0.15, -0.1) is 0 Å². The lowest BCUT2D eigenvalue weighted by molar-refractivity contribution is 0.487. The van der Waals surface area contributed by atoms with Gasteiger partial charge in [-0.05, 0) is 25.0 Å². The van der Waals surface area contributed by atoms with Crippen LogP contribution in [0.15, 0.2) is 28.7 Å². The van der Waals surface area contributed by atoms with Crippen LogP contribution < -0.4 is 5.73 Å².